The summed E-state index contributed by atoms with van der Waals surface area (Å²) < 4.78 is 0. The zero-order valence-corrected chi connectivity index (χ0v) is 10.2. The summed E-state index contributed by atoms with van der Waals surface area (Å²) in [6, 6.07) is 8.14. The Morgan fingerprint density at radius 2 is 2.06 bits per heavy atom. The lowest BCUT2D eigenvalue weighted by Gasteiger charge is -2.26. The van der Waals surface area contributed by atoms with E-state index in [1.54, 1.807) is 0 Å². The first-order valence-corrected chi connectivity index (χ1v) is 6.26. The summed E-state index contributed by atoms with van der Waals surface area (Å²) in [5, 5.41) is 11.5. The van der Waals surface area contributed by atoms with Gasteiger partial charge in [-0.05, 0) is 30.4 Å². The lowest BCUT2D eigenvalue weighted by Crippen LogP contribution is -2.31. The monoisotopic (exact) mass is 247 g/mol. The topological polar surface area (TPSA) is 66.4 Å². The van der Waals surface area contributed by atoms with Crippen LogP contribution in [0.15, 0.2) is 24.3 Å². The van der Waals surface area contributed by atoms with Crippen LogP contribution >= 0.6 is 0 Å². The van der Waals surface area contributed by atoms with Gasteiger partial charge in [0.15, 0.2) is 0 Å². The van der Waals surface area contributed by atoms with Gasteiger partial charge in [0, 0.05) is 6.42 Å². The minimum atomic E-state index is -0.936. The van der Waals surface area contributed by atoms with Crippen molar-refractivity contribution in [2.75, 3.05) is 0 Å². The molecule has 1 aromatic rings. The Labute approximate surface area is 106 Å². The number of hydrogen-bond donors (Lipinski definition) is 2. The molecule has 96 valence electrons. The third-order valence-electron chi connectivity index (χ3n) is 3.27. The lowest BCUT2D eigenvalue weighted by atomic mass is 9.87. The molecule has 0 heterocycles. The Bertz CT molecular complexity index is 456. The SMILES string of the molecule is O=C(O)CCC(=O)N[C@@H]1CCCc2ccccc21. The van der Waals surface area contributed by atoms with E-state index in [1.165, 1.54) is 11.1 Å². The van der Waals surface area contributed by atoms with E-state index in [2.05, 4.69) is 11.4 Å². The number of hydrogen-bond acceptors (Lipinski definition) is 2. The molecular formula is C14H17NO3. The number of aryl methyl sites for hydroxylation is 1. The summed E-state index contributed by atoms with van der Waals surface area (Å²) in [5.74, 6) is -1.12. The highest BCUT2D eigenvalue weighted by Crippen LogP contribution is 2.29. The van der Waals surface area contributed by atoms with Gasteiger partial charge in [-0.15, -0.1) is 0 Å². The normalized spacial score (nSPS) is 17.9. The van der Waals surface area contributed by atoms with E-state index in [0.717, 1.165) is 19.3 Å². The molecule has 0 radical (unpaired) electrons. The number of fused-ring (bicyclic) bond motifs is 1. The van der Waals surface area contributed by atoms with Crippen molar-refractivity contribution in [2.24, 2.45) is 0 Å². The van der Waals surface area contributed by atoms with Gasteiger partial charge in [0.2, 0.25) is 5.91 Å². The van der Waals surface area contributed by atoms with Gasteiger partial charge in [-0.25, -0.2) is 0 Å². The van der Waals surface area contributed by atoms with Crippen LogP contribution in [-0.2, 0) is 16.0 Å². The number of carboxylic acids is 1. The molecule has 1 aliphatic carbocycles. The van der Waals surface area contributed by atoms with E-state index >= 15 is 0 Å². The maximum Gasteiger partial charge on any atom is 0.303 e. The fourth-order valence-corrected chi connectivity index (χ4v) is 2.39. The van der Waals surface area contributed by atoms with E-state index in [-0.39, 0.29) is 24.8 Å². The first-order chi connectivity index (χ1) is 8.66. The Morgan fingerprint density at radius 3 is 2.83 bits per heavy atom. The third kappa shape index (κ3) is 3.09. The van der Waals surface area contributed by atoms with Gasteiger partial charge in [0.1, 0.15) is 0 Å². The van der Waals surface area contributed by atoms with Crippen LogP contribution in [0.1, 0.15) is 42.9 Å². The minimum Gasteiger partial charge on any atom is -0.481 e. The largest absolute Gasteiger partial charge is 0.481 e. The van der Waals surface area contributed by atoms with Crippen molar-refractivity contribution in [1.29, 1.82) is 0 Å². The first-order valence-electron chi connectivity index (χ1n) is 6.26. The highest BCUT2D eigenvalue weighted by atomic mass is 16.4. The Hall–Kier alpha value is -1.84. The van der Waals surface area contributed by atoms with Crippen LogP contribution < -0.4 is 5.32 Å². The van der Waals surface area contributed by atoms with Crippen molar-refractivity contribution in [1.82, 2.24) is 5.32 Å². The zero-order chi connectivity index (χ0) is 13.0. The smallest absolute Gasteiger partial charge is 0.303 e. The molecular weight excluding hydrogens is 230 g/mol. The quantitative estimate of drug-likeness (QED) is 0.855. The van der Waals surface area contributed by atoms with E-state index in [1.807, 2.05) is 18.2 Å². The number of carboxylic acid groups (broad SMARTS) is 1. The summed E-state index contributed by atoms with van der Waals surface area (Å²) in [5.41, 5.74) is 2.46. The molecule has 0 saturated heterocycles. The van der Waals surface area contributed by atoms with Gasteiger partial charge in [-0.3, -0.25) is 9.59 Å². The Morgan fingerprint density at radius 1 is 1.28 bits per heavy atom. The van der Waals surface area contributed by atoms with Crippen molar-refractivity contribution in [3.63, 3.8) is 0 Å². The van der Waals surface area contributed by atoms with Crippen molar-refractivity contribution in [3.8, 4) is 0 Å². The molecule has 2 N–H and O–H groups in total. The Balaban J connectivity index is 1.98. The number of carbonyl (C=O) groups excluding carboxylic acids is 1. The molecule has 4 heteroatoms. The predicted octanol–water partition coefficient (Wildman–Crippen LogP) is 2.04. The van der Waals surface area contributed by atoms with E-state index in [4.69, 9.17) is 5.11 Å². The van der Waals surface area contributed by atoms with Gasteiger partial charge in [-0.2, -0.15) is 0 Å². The van der Waals surface area contributed by atoms with Crippen molar-refractivity contribution in [2.45, 2.75) is 38.1 Å². The standard InChI is InChI=1S/C14H17NO3/c16-13(8-9-14(17)18)15-12-7-3-5-10-4-1-2-6-11(10)12/h1-2,4,6,12H,3,5,7-9H2,(H,15,16)(H,17,18)/t12-/m1/s1. The molecule has 0 unspecified atom stereocenters. The second-order valence-electron chi connectivity index (χ2n) is 4.60. The van der Waals surface area contributed by atoms with Gasteiger partial charge in [0.25, 0.3) is 0 Å². The lowest BCUT2D eigenvalue weighted by molar-refractivity contribution is -0.138. The van der Waals surface area contributed by atoms with Crippen LogP contribution in [0, 0.1) is 0 Å². The third-order valence-corrected chi connectivity index (χ3v) is 3.27. The Kier molecular flexibility index (Phi) is 3.97. The number of carbonyl (C=O) groups is 2. The molecule has 2 rings (SSSR count). The maximum absolute atomic E-state index is 11.7. The van der Waals surface area contributed by atoms with Crippen LogP contribution in [0.25, 0.3) is 0 Å². The highest BCUT2D eigenvalue weighted by molar-refractivity contribution is 5.81. The van der Waals surface area contributed by atoms with E-state index in [0.29, 0.717) is 0 Å². The first kappa shape index (κ1) is 12.6. The van der Waals surface area contributed by atoms with Crippen LogP contribution in [0.2, 0.25) is 0 Å². The molecule has 1 atom stereocenters. The molecule has 1 amide bonds. The van der Waals surface area contributed by atoms with Crippen LogP contribution in [0.3, 0.4) is 0 Å². The molecule has 18 heavy (non-hydrogen) atoms. The second-order valence-corrected chi connectivity index (χ2v) is 4.60. The van der Waals surface area contributed by atoms with Gasteiger partial charge < -0.3 is 10.4 Å². The molecule has 0 fully saturated rings. The van der Waals surface area contributed by atoms with Crippen LogP contribution in [-0.4, -0.2) is 17.0 Å². The molecule has 1 aromatic carbocycles. The summed E-state index contributed by atoms with van der Waals surface area (Å²) >= 11 is 0. The summed E-state index contributed by atoms with van der Waals surface area (Å²) in [6.07, 6.45) is 2.97. The average molecular weight is 247 g/mol. The zero-order valence-electron chi connectivity index (χ0n) is 10.2. The van der Waals surface area contributed by atoms with Gasteiger partial charge in [0.05, 0.1) is 12.5 Å². The summed E-state index contributed by atoms with van der Waals surface area (Å²) in [4.78, 5) is 22.1. The molecule has 0 saturated carbocycles. The fraction of sp³-hybridized carbons (Fsp3) is 0.429. The maximum atomic E-state index is 11.7. The average Bonchev–Trinajstić information content (AvgIpc) is 2.37. The minimum absolute atomic E-state index is 0.0382. The molecule has 0 bridgehead atoms. The highest BCUT2D eigenvalue weighted by Gasteiger charge is 2.21. The molecule has 0 aromatic heterocycles. The van der Waals surface area contributed by atoms with Crippen molar-refractivity contribution < 1.29 is 14.7 Å². The number of aliphatic carboxylic acids is 1. The number of nitrogens with one attached hydrogen (secondary N) is 1. The van der Waals surface area contributed by atoms with Crippen molar-refractivity contribution in [3.05, 3.63) is 35.4 Å². The van der Waals surface area contributed by atoms with E-state index < -0.39 is 5.97 Å². The summed E-state index contributed by atoms with van der Waals surface area (Å²) in [7, 11) is 0. The predicted molar refractivity (Wildman–Crippen MR) is 67.1 cm³/mol. The molecule has 0 aliphatic heterocycles. The molecule has 4 nitrogen and oxygen atoms in total. The van der Waals surface area contributed by atoms with Crippen LogP contribution in [0.4, 0.5) is 0 Å². The molecule has 1 aliphatic rings. The van der Waals surface area contributed by atoms with Gasteiger partial charge >= 0.3 is 5.97 Å². The summed E-state index contributed by atoms with van der Waals surface area (Å²) in [6.45, 7) is 0. The van der Waals surface area contributed by atoms with Gasteiger partial charge in [-0.1, -0.05) is 24.3 Å². The van der Waals surface area contributed by atoms with Crippen LogP contribution in [0.5, 0.6) is 0 Å². The van der Waals surface area contributed by atoms with Crippen molar-refractivity contribution >= 4 is 11.9 Å². The fourth-order valence-electron chi connectivity index (χ4n) is 2.39. The second kappa shape index (κ2) is 5.67. The number of rotatable bonds is 4. The van der Waals surface area contributed by atoms with E-state index in [9.17, 15) is 9.59 Å². The number of benzene rings is 1. The number of amides is 1. The molecule has 0 spiro atoms.